The van der Waals surface area contributed by atoms with Crippen LogP contribution >= 0.6 is 0 Å². The van der Waals surface area contributed by atoms with Crippen LogP contribution in [0.15, 0.2) is 54.7 Å². The maximum absolute atomic E-state index is 11.9. The zero-order chi connectivity index (χ0) is 16.1. The number of carbonyl (C=O) groups excluding carboxylic acids is 1. The van der Waals surface area contributed by atoms with Crippen LogP contribution in [0.4, 0.5) is 5.69 Å². The summed E-state index contributed by atoms with van der Waals surface area (Å²) in [5.41, 5.74) is 1.96. The average Bonchev–Trinajstić information content (AvgIpc) is 2.47. The summed E-state index contributed by atoms with van der Waals surface area (Å²) in [6.07, 6.45) is 2.81. The molecule has 3 N–H and O–H groups in total. The Balaban J connectivity index is 2.03. The van der Waals surface area contributed by atoms with Gasteiger partial charge in [-0.1, -0.05) is 29.8 Å². The van der Waals surface area contributed by atoms with E-state index in [2.05, 4.69) is 5.32 Å². The molecule has 0 saturated heterocycles. The zero-order valence-electron chi connectivity index (χ0n) is 11.9. The second-order valence-electron chi connectivity index (χ2n) is 4.75. The van der Waals surface area contributed by atoms with Crippen molar-refractivity contribution in [3.05, 3.63) is 71.4 Å². The summed E-state index contributed by atoms with van der Waals surface area (Å²) < 4.78 is 0. The Kier molecular flexibility index (Phi) is 4.58. The van der Waals surface area contributed by atoms with Gasteiger partial charge in [0.15, 0.2) is 5.78 Å². The van der Waals surface area contributed by atoms with Crippen molar-refractivity contribution < 1.29 is 19.8 Å². The number of carbonyl (C=O) groups is 2. The third kappa shape index (κ3) is 3.73. The summed E-state index contributed by atoms with van der Waals surface area (Å²) >= 11 is 0. The van der Waals surface area contributed by atoms with Crippen molar-refractivity contribution in [2.45, 2.75) is 6.92 Å². The Morgan fingerprint density at radius 1 is 1.09 bits per heavy atom. The lowest BCUT2D eigenvalue weighted by Crippen LogP contribution is -1.98. The van der Waals surface area contributed by atoms with Crippen LogP contribution in [0, 0.1) is 6.92 Å². The van der Waals surface area contributed by atoms with E-state index in [0.29, 0.717) is 11.3 Å². The summed E-state index contributed by atoms with van der Waals surface area (Å²) in [6, 6.07) is 11.3. The first-order chi connectivity index (χ1) is 10.5. The first-order valence-corrected chi connectivity index (χ1v) is 6.58. The lowest BCUT2D eigenvalue weighted by molar-refractivity contribution is 0.0693. The van der Waals surface area contributed by atoms with Gasteiger partial charge >= 0.3 is 5.97 Å². The lowest BCUT2D eigenvalue weighted by atomic mass is 10.1. The van der Waals surface area contributed by atoms with Crippen molar-refractivity contribution >= 4 is 17.4 Å². The number of carboxylic acids is 1. The molecule has 0 heterocycles. The van der Waals surface area contributed by atoms with Crippen LogP contribution in [0.1, 0.15) is 26.3 Å². The van der Waals surface area contributed by atoms with Gasteiger partial charge in [-0.2, -0.15) is 0 Å². The van der Waals surface area contributed by atoms with Gasteiger partial charge in [-0.25, -0.2) is 4.79 Å². The summed E-state index contributed by atoms with van der Waals surface area (Å²) in [5.74, 6) is -1.69. The second kappa shape index (κ2) is 6.58. The van der Waals surface area contributed by atoms with Crippen molar-refractivity contribution in [3.63, 3.8) is 0 Å². The average molecular weight is 297 g/mol. The van der Waals surface area contributed by atoms with Gasteiger partial charge < -0.3 is 15.5 Å². The fourth-order valence-corrected chi connectivity index (χ4v) is 1.83. The number of hydrogen-bond donors (Lipinski definition) is 3. The maximum Gasteiger partial charge on any atom is 0.339 e. The summed E-state index contributed by atoms with van der Waals surface area (Å²) in [7, 11) is 0. The molecule has 0 aliphatic heterocycles. The van der Waals surface area contributed by atoms with Gasteiger partial charge in [-0.15, -0.1) is 0 Å². The number of ketones is 1. The largest absolute Gasteiger partial charge is 0.507 e. The molecule has 0 saturated carbocycles. The van der Waals surface area contributed by atoms with E-state index in [4.69, 9.17) is 5.11 Å². The molecule has 2 aromatic carbocycles. The standard InChI is InChI=1S/C17H15NO4/c1-11-2-4-12(5-3-11)15(19)8-9-18-13-6-7-14(17(21)22)16(20)10-13/h2-10,18,20H,1H3,(H,21,22). The van der Waals surface area contributed by atoms with Gasteiger partial charge in [-0.3, -0.25) is 4.79 Å². The van der Waals surface area contributed by atoms with Gasteiger partial charge in [-0.05, 0) is 19.1 Å². The molecule has 0 amide bonds. The van der Waals surface area contributed by atoms with Gasteiger partial charge in [0.2, 0.25) is 0 Å². The normalized spacial score (nSPS) is 10.6. The van der Waals surface area contributed by atoms with Gasteiger partial charge in [0.05, 0.1) is 0 Å². The Morgan fingerprint density at radius 2 is 1.77 bits per heavy atom. The molecule has 0 atom stereocenters. The number of carboxylic acid groups (broad SMARTS) is 1. The van der Waals surface area contributed by atoms with Crippen molar-refractivity contribution in [2.75, 3.05) is 5.32 Å². The van der Waals surface area contributed by atoms with Gasteiger partial charge in [0.1, 0.15) is 11.3 Å². The van der Waals surface area contributed by atoms with E-state index < -0.39 is 5.97 Å². The van der Waals surface area contributed by atoms with Gasteiger partial charge in [0, 0.05) is 29.6 Å². The highest BCUT2D eigenvalue weighted by Gasteiger charge is 2.09. The number of anilines is 1. The number of phenols is 1. The Labute approximate surface area is 127 Å². The van der Waals surface area contributed by atoms with Crippen LogP contribution in [0.5, 0.6) is 5.75 Å². The summed E-state index contributed by atoms with van der Waals surface area (Å²) in [5, 5.41) is 21.2. The first-order valence-electron chi connectivity index (χ1n) is 6.58. The smallest absolute Gasteiger partial charge is 0.339 e. The zero-order valence-corrected chi connectivity index (χ0v) is 11.9. The molecule has 0 spiro atoms. The highest BCUT2D eigenvalue weighted by atomic mass is 16.4. The van der Waals surface area contributed by atoms with Gasteiger partial charge in [0.25, 0.3) is 0 Å². The SMILES string of the molecule is Cc1ccc(C(=O)C=CNc2ccc(C(=O)O)c(O)c2)cc1. The topological polar surface area (TPSA) is 86.6 Å². The Bertz CT molecular complexity index is 733. The number of rotatable bonds is 5. The molecule has 5 heteroatoms. The van der Waals surface area contributed by atoms with Crippen LogP contribution in [0.3, 0.4) is 0 Å². The van der Waals surface area contributed by atoms with E-state index in [0.717, 1.165) is 5.56 Å². The summed E-state index contributed by atoms with van der Waals surface area (Å²) in [4.78, 5) is 22.7. The van der Waals surface area contributed by atoms with Crippen LogP contribution in [0.2, 0.25) is 0 Å². The molecule has 2 aromatic rings. The van der Waals surface area contributed by atoms with Crippen LogP contribution in [0.25, 0.3) is 0 Å². The van der Waals surface area contributed by atoms with Crippen molar-refractivity contribution in [1.82, 2.24) is 0 Å². The van der Waals surface area contributed by atoms with Crippen LogP contribution < -0.4 is 5.32 Å². The number of nitrogens with one attached hydrogen (secondary N) is 1. The minimum Gasteiger partial charge on any atom is -0.507 e. The van der Waals surface area contributed by atoms with E-state index in [1.807, 2.05) is 19.1 Å². The molecule has 0 unspecified atom stereocenters. The van der Waals surface area contributed by atoms with E-state index in [-0.39, 0.29) is 17.1 Å². The van der Waals surface area contributed by atoms with E-state index in [1.165, 1.54) is 30.5 Å². The Morgan fingerprint density at radius 3 is 2.36 bits per heavy atom. The third-order valence-electron chi connectivity index (χ3n) is 3.05. The quantitative estimate of drug-likeness (QED) is 0.582. The first kappa shape index (κ1) is 15.3. The fourth-order valence-electron chi connectivity index (χ4n) is 1.83. The molecule has 112 valence electrons. The van der Waals surface area contributed by atoms with Crippen molar-refractivity contribution in [2.24, 2.45) is 0 Å². The molecule has 2 rings (SSSR count). The number of aromatic hydroxyl groups is 1. The van der Waals surface area contributed by atoms with E-state index in [1.54, 1.807) is 12.1 Å². The Hall–Kier alpha value is -3.08. The van der Waals surface area contributed by atoms with E-state index >= 15 is 0 Å². The summed E-state index contributed by atoms with van der Waals surface area (Å²) in [6.45, 7) is 1.94. The molecule has 0 bridgehead atoms. The number of aryl methyl sites for hydroxylation is 1. The van der Waals surface area contributed by atoms with Crippen LogP contribution in [-0.2, 0) is 0 Å². The monoisotopic (exact) mass is 297 g/mol. The molecular formula is C17H15NO4. The molecular weight excluding hydrogens is 282 g/mol. The minimum absolute atomic E-state index is 0.154. The number of allylic oxidation sites excluding steroid dienone is 1. The third-order valence-corrected chi connectivity index (χ3v) is 3.05. The molecule has 0 aliphatic carbocycles. The number of aromatic carboxylic acids is 1. The lowest BCUT2D eigenvalue weighted by Gasteiger charge is -2.04. The van der Waals surface area contributed by atoms with Crippen molar-refractivity contribution in [1.29, 1.82) is 0 Å². The van der Waals surface area contributed by atoms with Crippen LogP contribution in [-0.4, -0.2) is 22.0 Å². The molecule has 5 nitrogen and oxygen atoms in total. The molecule has 0 radical (unpaired) electrons. The number of hydrogen-bond acceptors (Lipinski definition) is 4. The molecule has 22 heavy (non-hydrogen) atoms. The second-order valence-corrected chi connectivity index (χ2v) is 4.75. The molecule has 0 fully saturated rings. The maximum atomic E-state index is 11.9. The highest BCUT2D eigenvalue weighted by Crippen LogP contribution is 2.21. The number of benzene rings is 2. The van der Waals surface area contributed by atoms with Crippen molar-refractivity contribution in [3.8, 4) is 5.75 Å². The minimum atomic E-state index is -1.20. The predicted octanol–water partition coefficient (Wildman–Crippen LogP) is 3.21. The molecule has 0 aliphatic rings. The predicted molar refractivity (Wildman–Crippen MR) is 83.3 cm³/mol. The van der Waals surface area contributed by atoms with E-state index in [9.17, 15) is 14.7 Å². The highest BCUT2D eigenvalue weighted by molar-refractivity contribution is 6.04. The fraction of sp³-hybridized carbons (Fsp3) is 0.0588. The molecule has 0 aromatic heterocycles.